The summed E-state index contributed by atoms with van der Waals surface area (Å²) < 4.78 is 38.9. The first-order valence-electron chi connectivity index (χ1n) is 12.6. The number of nitrogens with one attached hydrogen (secondary N) is 1. The van der Waals surface area contributed by atoms with E-state index in [2.05, 4.69) is 10.3 Å². The molecule has 3 N–H and O–H groups in total. The molecule has 11 heteroatoms. The van der Waals surface area contributed by atoms with Crippen molar-refractivity contribution in [2.24, 2.45) is 10.9 Å². The van der Waals surface area contributed by atoms with Gasteiger partial charge in [0.2, 0.25) is 10.0 Å². The molecule has 1 saturated carbocycles. The molecule has 2 aromatic carbocycles. The fourth-order valence-electron chi connectivity index (χ4n) is 4.42. The van der Waals surface area contributed by atoms with Gasteiger partial charge in [-0.05, 0) is 81.0 Å². The smallest absolute Gasteiger partial charge is 0.270 e. The Kier molecular flexibility index (Phi) is 8.37. The van der Waals surface area contributed by atoms with Crippen molar-refractivity contribution in [2.45, 2.75) is 44.8 Å². The van der Waals surface area contributed by atoms with Gasteiger partial charge < -0.3 is 20.5 Å². The minimum Gasteiger partial charge on any atom is -0.398 e. The van der Waals surface area contributed by atoms with Crippen LogP contribution in [0.25, 0.3) is 0 Å². The van der Waals surface area contributed by atoms with Crippen molar-refractivity contribution in [3.8, 4) is 0 Å². The predicted molar refractivity (Wildman–Crippen MR) is 151 cm³/mol. The summed E-state index contributed by atoms with van der Waals surface area (Å²) >= 11 is 6.00. The zero-order valence-corrected chi connectivity index (χ0v) is 23.7. The van der Waals surface area contributed by atoms with Gasteiger partial charge >= 0.3 is 0 Å². The molecule has 0 radical (unpaired) electrons. The molecule has 0 atom stereocenters. The summed E-state index contributed by atoms with van der Waals surface area (Å²) in [6.45, 7) is 4.98. The lowest BCUT2D eigenvalue weighted by atomic mass is 9.98. The van der Waals surface area contributed by atoms with Gasteiger partial charge in [0, 0.05) is 35.8 Å². The van der Waals surface area contributed by atoms with Gasteiger partial charge in [0.15, 0.2) is 5.79 Å². The first-order valence-corrected chi connectivity index (χ1v) is 14.9. The molecule has 1 aliphatic carbocycles. The Hall–Kier alpha value is -2.66. The van der Waals surface area contributed by atoms with Gasteiger partial charge in [-0.2, -0.15) is 0 Å². The summed E-state index contributed by atoms with van der Waals surface area (Å²) in [6, 6.07) is 10.3. The van der Waals surface area contributed by atoms with Crippen LogP contribution < -0.4 is 15.4 Å². The van der Waals surface area contributed by atoms with E-state index in [1.807, 2.05) is 19.9 Å². The van der Waals surface area contributed by atoms with E-state index in [4.69, 9.17) is 26.8 Å². The first-order chi connectivity index (χ1) is 17.9. The average Bonchev–Trinajstić information content (AvgIpc) is 3.69. The van der Waals surface area contributed by atoms with Crippen LogP contribution in [0.15, 0.2) is 41.4 Å². The van der Waals surface area contributed by atoms with Gasteiger partial charge in [-0.25, -0.2) is 13.4 Å². The van der Waals surface area contributed by atoms with E-state index in [1.54, 1.807) is 30.3 Å². The number of sulfonamides is 1. The molecule has 9 nitrogen and oxygen atoms in total. The Morgan fingerprint density at radius 2 is 1.82 bits per heavy atom. The van der Waals surface area contributed by atoms with Gasteiger partial charge in [0.25, 0.3) is 5.91 Å². The van der Waals surface area contributed by atoms with E-state index in [1.165, 1.54) is 17.6 Å². The molecule has 1 amide bonds. The number of benzene rings is 2. The number of anilines is 2. The second-order valence-electron chi connectivity index (χ2n) is 10.3. The lowest BCUT2D eigenvalue weighted by Gasteiger charge is -2.36. The van der Waals surface area contributed by atoms with E-state index < -0.39 is 21.7 Å². The number of rotatable bonds is 9. The standard InChI is InChI=1S/C27H35ClN4O5S/c1-27(2)36-15-17(16-37-27)11-12-32(38(4,34)35)24-14-23(29)22(13-21(24)18-5-6-18)25(26(33)30-3)31-20-9-7-19(28)8-10-20/h7-10,13-14,17-18H,5-6,11-12,15-16,29H2,1-4H3,(H,30,33). The van der Waals surface area contributed by atoms with Crippen LogP contribution in [-0.2, 0) is 24.3 Å². The second kappa shape index (κ2) is 11.2. The number of ether oxygens (including phenoxy) is 2. The van der Waals surface area contributed by atoms with Crippen LogP contribution in [0.1, 0.15) is 50.2 Å². The normalized spacial score (nSPS) is 18.3. The lowest BCUT2D eigenvalue weighted by Crippen LogP contribution is -2.41. The molecule has 206 valence electrons. The van der Waals surface area contributed by atoms with Gasteiger partial charge in [-0.3, -0.25) is 9.10 Å². The van der Waals surface area contributed by atoms with Gasteiger partial charge in [0.1, 0.15) is 5.71 Å². The molecule has 4 rings (SSSR count). The van der Waals surface area contributed by atoms with Crippen molar-refractivity contribution in [2.75, 3.05) is 43.1 Å². The van der Waals surface area contributed by atoms with Crippen LogP contribution in [0.3, 0.4) is 0 Å². The van der Waals surface area contributed by atoms with Gasteiger partial charge in [0.05, 0.1) is 30.8 Å². The molecule has 1 heterocycles. The number of hydrogen-bond donors (Lipinski definition) is 2. The van der Waals surface area contributed by atoms with E-state index in [0.29, 0.717) is 41.6 Å². The Labute approximate surface area is 229 Å². The van der Waals surface area contributed by atoms with Crippen molar-refractivity contribution in [1.82, 2.24) is 5.32 Å². The summed E-state index contributed by atoms with van der Waals surface area (Å²) in [7, 11) is -2.09. The molecular weight excluding hydrogens is 528 g/mol. The number of nitrogens with two attached hydrogens (primary N) is 1. The number of aliphatic imine (C=N–C) groups is 1. The highest BCUT2D eigenvalue weighted by atomic mass is 35.5. The van der Waals surface area contributed by atoms with Gasteiger partial charge in [-0.1, -0.05) is 11.6 Å². The molecule has 1 saturated heterocycles. The van der Waals surface area contributed by atoms with Crippen LogP contribution >= 0.6 is 11.6 Å². The molecule has 2 fully saturated rings. The molecule has 2 aromatic rings. The number of carbonyl (C=O) groups excluding carboxylic acids is 1. The van der Waals surface area contributed by atoms with Crippen molar-refractivity contribution >= 4 is 50.3 Å². The van der Waals surface area contributed by atoms with E-state index in [9.17, 15) is 13.2 Å². The zero-order chi connectivity index (χ0) is 27.7. The van der Waals surface area contributed by atoms with Crippen LogP contribution in [0.5, 0.6) is 0 Å². The molecule has 0 spiro atoms. The Morgan fingerprint density at radius 1 is 1.18 bits per heavy atom. The topological polar surface area (TPSA) is 123 Å². The van der Waals surface area contributed by atoms with Crippen molar-refractivity contribution < 1.29 is 22.7 Å². The predicted octanol–water partition coefficient (Wildman–Crippen LogP) is 4.22. The number of likely N-dealkylation sites (N-methyl/N-ethyl adjacent to an activating group) is 1. The monoisotopic (exact) mass is 562 g/mol. The summed E-state index contributed by atoms with van der Waals surface area (Å²) in [5.41, 5.74) is 9.27. The number of amides is 1. The van der Waals surface area contributed by atoms with E-state index in [-0.39, 0.29) is 29.8 Å². The maximum absolute atomic E-state index is 13.0. The van der Waals surface area contributed by atoms with Crippen LogP contribution in [0.4, 0.5) is 17.1 Å². The van der Waals surface area contributed by atoms with Crippen LogP contribution in [-0.4, -0.2) is 58.9 Å². The zero-order valence-electron chi connectivity index (χ0n) is 22.2. The Bertz CT molecular complexity index is 1310. The molecule has 2 aliphatic rings. The quantitative estimate of drug-likeness (QED) is 0.348. The van der Waals surface area contributed by atoms with Crippen LogP contribution in [0.2, 0.25) is 5.02 Å². The highest BCUT2D eigenvalue weighted by Gasteiger charge is 2.34. The molecule has 0 aromatic heterocycles. The summed E-state index contributed by atoms with van der Waals surface area (Å²) in [6.07, 6.45) is 3.62. The number of hydrogen-bond acceptors (Lipinski definition) is 7. The maximum atomic E-state index is 13.0. The molecule has 1 aliphatic heterocycles. The third-order valence-corrected chi connectivity index (χ3v) is 8.16. The third-order valence-electron chi connectivity index (χ3n) is 6.72. The van der Waals surface area contributed by atoms with Gasteiger partial charge in [-0.15, -0.1) is 0 Å². The Balaban J connectivity index is 1.71. The third kappa shape index (κ3) is 6.85. The van der Waals surface area contributed by atoms with E-state index in [0.717, 1.165) is 18.4 Å². The number of carbonyl (C=O) groups is 1. The second-order valence-corrected chi connectivity index (χ2v) is 12.6. The molecule has 0 bridgehead atoms. The minimum absolute atomic E-state index is 0.0691. The first kappa shape index (κ1) is 28.4. The fourth-order valence-corrected chi connectivity index (χ4v) is 5.50. The molecule has 38 heavy (non-hydrogen) atoms. The largest absolute Gasteiger partial charge is 0.398 e. The summed E-state index contributed by atoms with van der Waals surface area (Å²) in [5, 5.41) is 3.19. The lowest BCUT2D eigenvalue weighted by molar-refractivity contribution is -0.262. The molecule has 0 unspecified atom stereocenters. The van der Waals surface area contributed by atoms with Crippen molar-refractivity contribution in [3.63, 3.8) is 0 Å². The maximum Gasteiger partial charge on any atom is 0.270 e. The number of nitrogens with zero attached hydrogens (tertiary/aromatic N) is 2. The Morgan fingerprint density at radius 3 is 2.37 bits per heavy atom. The average molecular weight is 563 g/mol. The summed E-state index contributed by atoms with van der Waals surface area (Å²) in [4.78, 5) is 17.4. The fraction of sp³-hybridized carbons (Fsp3) is 0.481. The van der Waals surface area contributed by atoms with Crippen molar-refractivity contribution in [1.29, 1.82) is 0 Å². The molecular formula is C27H35ClN4O5S. The van der Waals surface area contributed by atoms with Crippen LogP contribution in [0, 0.1) is 5.92 Å². The minimum atomic E-state index is -3.62. The number of halogens is 1. The van der Waals surface area contributed by atoms with Crippen molar-refractivity contribution in [3.05, 3.63) is 52.5 Å². The SMILES string of the molecule is CNC(=O)C(=Nc1ccc(Cl)cc1)c1cc(C2CC2)c(N(CCC2COC(C)(C)OC2)S(C)(=O)=O)cc1N. The highest BCUT2D eigenvalue weighted by molar-refractivity contribution is 7.92. The highest BCUT2D eigenvalue weighted by Crippen LogP contribution is 2.46. The number of nitrogen functional groups attached to an aromatic ring is 1. The van der Waals surface area contributed by atoms with E-state index >= 15 is 0 Å². The summed E-state index contributed by atoms with van der Waals surface area (Å²) in [5.74, 6) is -0.787.